The van der Waals surface area contributed by atoms with Gasteiger partial charge in [-0.1, -0.05) is 22.0 Å². The van der Waals surface area contributed by atoms with E-state index < -0.39 is 0 Å². The minimum Gasteiger partial charge on any atom is -0.338 e. The predicted molar refractivity (Wildman–Crippen MR) is 73.8 cm³/mol. The van der Waals surface area contributed by atoms with Crippen molar-refractivity contribution in [3.05, 3.63) is 34.9 Å². The quantitative estimate of drug-likeness (QED) is 0.785. The zero-order chi connectivity index (χ0) is 12.4. The lowest BCUT2D eigenvalue weighted by atomic mass is 10.1. The van der Waals surface area contributed by atoms with Crippen LogP contribution in [0, 0.1) is 0 Å². The molecule has 1 aromatic carbocycles. The minimum atomic E-state index is 0.117. The van der Waals surface area contributed by atoms with E-state index in [1.165, 1.54) is 17.5 Å². The van der Waals surface area contributed by atoms with Crippen LogP contribution in [0.15, 0.2) is 18.2 Å². The summed E-state index contributed by atoms with van der Waals surface area (Å²) in [5, 5.41) is 0.806. The molecule has 0 fully saturated rings. The van der Waals surface area contributed by atoms with E-state index >= 15 is 0 Å². The number of aryl methyl sites for hydroxylation is 2. The standard InChI is InChI=1S/C14H18BrNO/c1-10(9-15)16(2)14(17)13-7-6-11-4-3-5-12(11)8-13/h6-8,10H,3-5,9H2,1-2H3. The molecule has 1 atom stereocenters. The predicted octanol–water partition coefficient (Wildman–Crippen LogP) is 3.03. The third kappa shape index (κ3) is 2.54. The molecule has 0 bridgehead atoms. The van der Waals surface area contributed by atoms with Crippen LogP contribution in [0.5, 0.6) is 0 Å². The number of carbonyl (C=O) groups excluding carboxylic acids is 1. The maximum Gasteiger partial charge on any atom is 0.253 e. The van der Waals surface area contributed by atoms with E-state index in [1.54, 1.807) is 4.90 Å². The lowest BCUT2D eigenvalue weighted by Crippen LogP contribution is -2.36. The van der Waals surface area contributed by atoms with Crippen molar-refractivity contribution in [1.29, 1.82) is 0 Å². The van der Waals surface area contributed by atoms with Gasteiger partial charge in [0, 0.05) is 24.0 Å². The number of nitrogens with zero attached hydrogens (tertiary/aromatic N) is 1. The first-order chi connectivity index (χ1) is 8.13. The number of hydrogen-bond acceptors (Lipinski definition) is 1. The van der Waals surface area contributed by atoms with Gasteiger partial charge in [-0.2, -0.15) is 0 Å². The largest absolute Gasteiger partial charge is 0.338 e. The monoisotopic (exact) mass is 295 g/mol. The summed E-state index contributed by atoms with van der Waals surface area (Å²) < 4.78 is 0. The van der Waals surface area contributed by atoms with E-state index in [0.717, 1.165) is 23.7 Å². The highest BCUT2D eigenvalue weighted by molar-refractivity contribution is 9.09. The lowest BCUT2D eigenvalue weighted by molar-refractivity contribution is 0.0758. The molecule has 1 amide bonds. The molecule has 1 aliphatic carbocycles. The van der Waals surface area contributed by atoms with E-state index in [-0.39, 0.29) is 11.9 Å². The van der Waals surface area contributed by atoms with Crippen molar-refractivity contribution in [3.8, 4) is 0 Å². The smallest absolute Gasteiger partial charge is 0.253 e. The maximum absolute atomic E-state index is 12.2. The molecule has 0 spiro atoms. The van der Waals surface area contributed by atoms with E-state index in [2.05, 4.69) is 28.1 Å². The number of amides is 1. The van der Waals surface area contributed by atoms with Gasteiger partial charge in [-0.15, -0.1) is 0 Å². The molecule has 92 valence electrons. The first kappa shape index (κ1) is 12.6. The Hall–Kier alpha value is -0.830. The highest BCUT2D eigenvalue weighted by Gasteiger charge is 2.19. The summed E-state index contributed by atoms with van der Waals surface area (Å²) in [6, 6.07) is 6.37. The molecule has 2 nitrogen and oxygen atoms in total. The van der Waals surface area contributed by atoms with Crippen LogP contribution in [-0.2, 0) is 12.8 Å². The van der Waals surface area contributed by atoms with Gasteiger partial charge in [0.1, 0.15) is 0 Å². The molecule has 1 unspecified atom stereocenters. The number of fused-ring (bicyclic) bond motifs is 1. The maximum atomic E-state index is 12.2. The second-order valence-corrected chi connectivity index (χ2v) is 5.40. The first-order valence-electron chi connectivity index (χ1n) is 6.08. The Morgan fingerprint density at radius 3 is 2.82 bits per heavy atom. The zero-order valence-electron chi connectivity index (χ0n) is 10.4. The average Bonchev–Trinajstić information content (AvgIpc) is 2.83. The molecule has 1 aromatic rings. The molecule has 1 aliphatic rings. The molecule has 0 heterocycles. The molecular weight excluding hydrogens is 278 g/mol. The molecule has 2 rings (SSSR count). The Kier molecular flexibility index (Phi) is 3.87. The first-order valence-corrected chi connectivity index (χ1v) is 7.20. The van der Waals surface area contributed by atoms with Crippen LogP contribution < -0.4 is 0 Å². The summed E-state index contributed by atoms with van der Waals surface area (Å²) in [7, 11) is 1.86. The molecule has 0 saturated carbocycles. The van der Waals surface area contributed by atoms with Crippen molar-refractivity contribution in [2.45, 2.75) is 32.2 Å². The normalized spacial score (nSPS) is 15.5. The summed E-state index contributed by atoms with van der Waals surface area (Å²) in [4.78, 5) is 14.0. The van der Waals surface area contributed by atoms with Gasteiger partial charge < -0.3 is 4.90 Å². The molecule has 3 heteroatoms. The van der Waals surface area contributed by atoms with Crippen LogP contribution in [0.25, 0.3) is 0 Å². The van der Waals surface area contributed by atoms with E-state index in [9.17, 15) is 4.79 Å². The summed E-state index contributed by atoms with van der Waals surface area (Å²) in [5.74, 6) is 0.117. The van der Waals surface area contributed by atoms with Crippen LogP contribution in [0.2, 0.25) is 0 Å². The van der Waals surface area contributed by atoms with Crippen molar-refractivity contribution >= 4 is 21.8 Å². The Labute approximate surface area is 111 Å². The zero-order valence-corrected chi connectivity index (χ0v) is 12.0. The number of hydrogen-bond donors (Lipinski definition) is 0. The molecule has 0 radical (unpaired) electrons. The van der Waals surface area contributed by atoms with Crippen molar-refractivity contribution < 1.29 is 4.79 Å². The topological polar surface area (TPSA) is 20.3 Å². The van der Waals surface area contributed by atoms with Crippen LogP contribution in [0.4, 0.5) is 0 Å². The number of benzene rings is 1. The Balaban J connectivity index is 2.20. The van der Waals surface area contributed by atoms with Crippen molar-refractivity contribution in [2.24, 2.45) is 0 Å². The van der Waals surface area contributed by atoms with Gasteiger partial charge in [-0.3, -0.25) is 4.79 Å². The van der Waals surface area contributed by atoms with Gasteiger partial charge in [0.25, 0.3) is 5.91 Å². The van der Waals surface area contributed by atoms with Crippen molar-refractivity contribution in [1.82, 2.24) is 4.90 Å². The SMILES string of the molecule is CC(CBr)N(C)C(=O)c1ccc2c(c1)CCC2. The molecule has 17 heavy (non-hydrogen) atoms. The second-order valence-electron chi connectivity index (χ2n) is 4.76. The fourth-order valence-corrected chi connectivity index (χ4v) is 2.65. The lowest BCUT2D eigenvalue weighted by Gasteiger charge is -2.23. The van der Waals surface area contributed by atoms with Crippen LogP contribution in [0.3, 0.4) is 0 Å². The van der Waals surface area contributed by atoms with E-state index in [1.807, 2.05) is 20.0 Å². The van der Waals surface area contributed by atoms with Gasteiger partial charge >= 0.3 is 0 Å². The Morgan fingerprint density at radius 2 is 2.12 bits per heavy atom. The highest BCUT2D eigenvalue weighted by Crippen LogP contribution is 2.23. The van der Waals surface area contributed by atoms with Gasteiger partial charge in [0.05, 0.1) is 0 Å². The summed E-state index contributed by atoms with van der Waals surface area (Å²) in [5.41, 5.74) is 3.59. The molecule has 0 aliphatic heterocycles. The molecule has 0 N–H and O–H groups in total. The number of alkyl halides is 1. The third-order valence-electron chi connectivity index (χ3n) is 3.55. The summed E-state index contributed by atoms with van der Waals surface area (Å²) in [6.07, 6.45) is 3.51. The molecule has 0 saturated heterocycles. The van der Waals surface area contributed by atoms with E-state index in [4.69, 9.17) is 0 Å². The number of halogens is 1. The van der Waals surface area contributed by atoms with Crippen molar-refractivity contribution in [3.63, 3.8) is 0 Å². The molecular formula is C14H18BrNO. The number of rotatable bonds is 3. The fourth-order valence-electron chi connectivity index (χ4n) is 2.21. The average molecular weight is 296 g/mol. The fraction of sp³-hybridized carbons (Fsp3) is 0.500. The Morgan fingerprint density at radius 1 is 1.41 bits per heavy atom. The summed E-state index contributed by atoms with van der Waals surface area (Å²) >= 11 is 3.41. The van der Waals surface area contributed by atoms with Gasteiger partial charge in [0.15, 0.2) is 0 Å². The van der Waals surface area contributed by atoms with Gasteiger partial charge in [-0.05, 0) is 49.4 Å². The van der Waals surface area contributed by atoms with Crippen LogP contribution in [-0.4, -0.2) is 29.2 Å². The number of carbonyl (C=O) groups is 1. The Bertz CT molecular complexity index is 430. The highest BCUT2D eigenvalue weighted by atomic mass is 79.9. The minimum absolute atomic E-state index is 0.117. The summed E-state index contributed by atoms with van der Waals surface area (Å²) in [6.45, 7) is 2.04. The van der Waals surface area contributed by atoms with E-state index in [0.29, 0.717) is 0 Å². The van der Waals surface area contributed by atoms with Crippen molar-refractivity contribution in [2.75, 3.05) is 12.4 Å². The van der Waals surface area contributed by atoms with Crippen LogP contribution >= 0.6 is 15.9 Å². The third-order valence-corrected chi connectivity index (χ3v) is 4.49. The van der Waals surface area contributed by atoms with Gasteiger partial charge in [-0.25, -0.2) is 0 Å². The molecule has 0 aromatic heterocycles. The second kappa shape index (κ2) is 5.21. The van der Waals surface area contributed by atoms with Crippen LogP contribution in [0.1, 0.15) is 34.8 Å². The van der Waals surface area contributed by atoms with Gasteiger partial charge in [0.2, 0.25) is 0 Å².